The largest absolute Gasteiger partial charge is 0.342 e. The summed E-state index contributed by atoms with van der Waals surface area (Å²) >= 11 is 0. The first-order valence-corrected chi connectivity index (χ1v) is 3.40. The Balaban J connectivity index is 3.11. The van der Waals surface area contributed by atoms with E-state index in [4.69, 9.17) is 0 Å². The summed E-state index contributed by atoms with van der Waals surface area (Å²) in [5, 5.41) is 2.37. The Morgan fingerprint density at radius 2 is 1.75 bits per heavy atom. The van der Waals surface area contributed by atoms with E-state index in [9.17, 15) is 0 Å². The first kappa shape index (κ1) is 7.96. The highest BCUT2D eigenvalue weighted by Crippen LogP contribution is 1.87. The summed E-state index contributed by atoms with van der Waals surface area (Å²) < 4.78 is 0. The average molecular weight is 116 g/mol. The van der Waals surface area contributed by atoms with Gasteiger partial charge in [0.05, 0.1) is 12.1 Å². The molecule has 0 radical (unpaired) electrons. The van der Waals surface area contributed by atoms with Crippen molar-refractivity contribution in [2.45, 2.75) is 39.7 Å². The number of nitrogens with two attached hydrogens (primary N) is 1. The number of quaternary nitrogens is 1. The lowest BCUT2D eigenvalue weighted by Crippen LogP contribution is -2.94. The monoisotopic (exact) mass is 116 g/mol. The molecule has 0 aliphatic carbocycles. The van der Waals surface area contributed by atoms with Crippen molar-refractivity contribution in [3.05, 3.63) is 0 Å². The van der Waals surface area contributed by atoms with Gasteiger partial charge in [-0.05, 0) is 27.2 Å². The first-order valence-electron chi connectivity index (χ1n) is 3.40. The minimum Gasteiger partial charge on any atom is -0.342 e. The van der Waals surface area contributed by atoms with Crippen molar-refractivity contribution >= 4 is 0 Å². The van der Waals surface area contributed by atoms with E-state index in [1.807, 2.05) is 0 Å². The maximum atomic E-state index is 2.37. The van der Waals surface area contributed by atoms with Gasteiger partial charge in [-0.2, -0.15) is 0 Å². The molecule has 2 N–H and O–H groups in total. The molecule has 0 fully saturated rings. The average Bonchev–Trinajstić information content (AvgIpc) is 1.59. The van der Waals surface area contributed by atoms with Crippen molar-refractivity contribution in [3.8, 4) is 0 Å². The van der Waals surface area contributed by atoms with Crippen molar-refractivity contribution in [3.63, 3.8) is 0 Å². The molecule has 1 nitrogen and oxygen atoms in total. The van der Waals surface area contributed by atoms with Crippen LogP contribution in [0.15, 0.2) is 0 Å². The molecule has 0 saturated carbocycles. The smallest absolute Gasteiger partial charge is 0.0876 e. The Bertz CT molecular complexity index is 51.9. The molecule has 50 valence electrons. The molecule has 0 aromatic heterocycles. The topological polar surface area (TPSA) is 16.6 Å². The van der Waals surface area contributed by atoms with Crippen LogP contribution in [0.25, 0.3) is 0 Å². The number of hydrogen-bond donors (Lipinski definition) is 1. The second-order valence-electron chi connectivity index (χ2n) is 3.36. The lowest BCUT2D eigenvalue weighted by molar-refractivity contribution is -0.716. The van der Waals surface area contributed by atoms with Crippen LogP contribution in [0.1, 0.15) is 34.1 Å². The molecule has 0 atom stereocenters. The van der Waals surface area contributed by atoms with Gasteiger partial charge in [-0.1, -0.05) is 6.92 Å². The summed E-state index contributed by atoms with van der Waals surface area (Å²) in [6.45, 7) is 10.2. The van der Waals surface area contributed by atoms with Gasteiger partial charge in [0, 0.05) is 0 Å². The quantitative estimate of drug-likeness (QED) is 0.548. The Morgan fingerprint density at radius 3 is 1.88 bits per heavy atom. The van der Waals surface area contributed by atoms with Crippen LogP contribution in [-0.2, 0) is 0 Å². The van der Waals surface area contributed by atoms with Crippen molar-refractivity contribution < 1.29 is 5.32 Å². The third-order valence-electron chi connectivity index (χ3n) is 1.05. The minimum absolute atomic E-state index is 0.427. The first-order chi connectivity index (χ1) is 3.56. The van der Waals surface area contributed by atoms with E-state index >= 15 is 0 Å². The van der Waals surface area contributed by atoms with E-state index in [-0.39, 0.29) is 0 Å². The Morgan fingerprint density at radius 1 is 1.25 bits per heavy atom. The minimum atomic E-state index is 0.427. The zero-order chi connectivity index (χ0) is 6.62. The lowest BCUT2D eigenvalue weighted by Gasteiger charge is -2.15. The second kappa shape index (κ2) is 3.08. The molecule has 1 heteroatoms. The summed E-state index contributed by atoms with van der Waals surface area (Å²) in [5.41, 5.74) is 0.427. The molecule has 0 aromatic rings. The van der Waals surface area contributed by atoms with Crippen LogP contribution in [-0.4, -0.2) is 12.1 Å². The van der Waals surface area contributed by atoms with Gasteiger partial charge < -0.3 is 5.32 Å². The fourth-order valence-corrected chi connectivity index (χ4v) is 0.577. The van der Waals surface area contributed by atoms with Crippen LogP contribution in [0.4, 0.5) is 0 Å². The fraction of sp³-hybridized carbons (Fsp3) is 1.00. The fourth-order valence-electron chi connectivity index (χ4n) is 0.577. The van der Waals surface area contributed by atoms with Gasteiger partial charge in [-0.15, -0.1) is 0 Å². The van der Waals surface area contributed by atoms with Crippen molar-refractivity contribution in [1.29, 1.82) is 0 Å². The summed E-state index contributed by atoms with van der Waals surface area (Å²) in [6.07, 6.45) is 1.28. The maximum Gasteiger partial charge on any atom is 0.0876 e. The molecular formula is C7H18N+. The molecule has 0 bridgehead atoms. The van der Waals surface area contributed by atoms with Gasteiger partial charge in [0.15, 0.2) is 0 Å². The van der Waals surface area contributed by atoms with E-state index in [1.54, 1.807) is 0 Å². The molecule has 0 aliphatic rings. The normalized spacial score (nSPS) is 12.0. The van der Waals surface area contributed by atoms with Crippen LogP contribution in [0, 0.1) is 0 Å². The van der Waals surface area contributed by atoms with E-state index in [1.165, 1.54) is 13.0 Å². The SMILES string of the molecule is CCC[NH2+]C(C)(C)C. The Kier molecular flexibility index (Phi) is 3.06. The highest BCUT2D eigenvalue weighted by Gasteiger charge is 2.10. The maximum absolute atomic E-state index is 2.37. The molecule has 0 heterocycles. The molecular weight excluding hydrogens is 98.1 g/mol. The summed E-state index contributed by atoms with van der Waals surface area (Å²) in [4.78, 5) is 0. The van der Waals surface area contributed by atoms with Gasteiger partial charge in [-0.25, -0.2) is 0 Å². The van der Waals surface area contributed by atoms with Crippen molar-refractivity contribution in [1.82, 2.24) is 0 Å². The molecule has 0 aliphatic heterocycles. The van der Waals surface area contributed by atoms with Crippen molar-refractivity contribution in [2.24, 2.45) is 0 Å². The zero-order valence-electron chi connectivity index (χ0n) is 6.49. The Hall–Kier alpha value is -0.0400. The predicted octanol–water partition coefficient (Wildman–Crippen LogP) is 0.758. The third kappa shape index (κ3) is 5.96. The van der Waals surface area contributed by atoms with Gasteiger partial charge in [0.2, 0.25) is 0 Å². The second-order valence-corrected chi connectivity index (χ2v) is 3.36. The van der Waals surface area contributed by atoms with Gasteiger partial charge in [0.1, 0.15) is 0 Å². The van der Waals surface area contributed by atoms with E-state index in [0.29, 0.717) is 5.54 Å². The molecule has 0 amide bonds. The predicted molar refractivity (Wildman–Crippen MR) is 36.8 cm³/mol. The van der Waals surface area contributed by atoms with E-state index in [0.717, 1.165) is 0 Å². The Labute approximate surface area is 52.5 Å². The van der Waals surface area contributed by atoms with Crippen LogP contribution in [0.5, 0.6) is 0 Å². The lowest BCUT2D eigenvalue weighted by atomic mass is 10.1. The summed E-state index contributed by atoms with van der Waals surface area (Å²) in [7, 11) is 0. The van der Waals surface area contributed by atoms with Crippen LogP contribution in [0.3, 0.4) is 0 Å². The van der Waals surface area contributed by atoms with Gasteiger partial charge >= 0.3 is 0 Å². The number of hydrogen-bond acceptors (Lipinski definition) is 0. The van der Waals surface area contributed by atoms with Gasteiger partial charge in [0.25, 0.3) is 0 Å². The molecule has 0 spiro atoms. The van der Waals surface area contributed by atoms with Crippen molar-refractivity contribution in [2.75, 3.05) is 6.54 Å². The molecule has 0 unspecified atom stereocenters. The highest BCUT2D eigenvalue weighted by molar-refractivity contribution is 4.51. The van der Waals surface area contributed by atoms with Gasteiger partial charge in [-0.3, -0.25) is 0 Å². The number of rotatable bonds is 2. The third-order valence-corrected chi connectivity index (χ3v) is 1.05. The summed E-state index contributed by atoms with van der Waals surface area (Å²) in [5.74, 6) is 0. The van der Waals surface area contributed by atoms with Crippen LogP contribution in [0.2, 0.25) is 0 Å². The summed E-state index contributed by atoms with van der Waals surface area (Å²) in [6, 6.07) is 0. The van der Waals surface area contributed by atoms with Crippen LogP contribution >= 0.6 is 0 Å². The molecule has 0 saturated heterocycles. The standard InChI is InChI=1S/C7H17N/c1-5-6-8-7(2,3)4/h8H,5-6H2,1-4H3/p+1. The molecule has 0 aromatic carbocycles. The van der Waals surface area contributed by atoms with E-state index in [2.05, 4.69) is 33.0 Å². The molecule has 0 rings (SSSR count). The molecule has 8 heavy (non-hydrogen) atoms. The van der Waals surface area contributed by atoms with E-state index < -0.39 is 0 Å². The zero-order valence-corrected chi connectivity index (χ0v) is 6.49. The van der Waals surface area contributed by atoms with Crippen LogP contribution < -0.4 is 5.32 Å². The highest BCUT2D eigenvalue weighted by atomic mass is 14.9.